The molecule has 112 valence electrons. The lowest BCUT2D eigenvalue weighted by Gasteiger charge is -2.27. The zero-order valence-electron chi connectivity index (χ0n) is 12.4. The van der Waals surface area contributed by atoms with Crippen LogP contribution in [0.3, 0.4) is 0 Å². The molecule has 0 spiro atoms. The Kier molecular flexibility index (Phi) is 4.20. The monoisotopic (exact) mass is 287 g/mol. The molecular formula is C16H21N3O2. The van der Waals surface area contributed by atoms with Crippen LogP contribution in [0.15, 0.2) is 24.3 Å². The van der Waals surface area contributed by atoms with Gasteiger partial charge in [0.15, 0.2) is 0 Å². The van der Waals surface area contributed by atoms with E-state index in [2.05, 4.69) is 22.5 Å². The lowest BCUT2D eigenvalue weighted by Crippen LogP contribution is -2.41. The number of fused-ring (bicyclic) bond motifs is 1. The number of para-hydroxylation sites is 2. The number of rotatable bonds is 4. The number of hydrogen-bond acceptors (Lipinski definition) is 3. The van der Waals surface area contributed by atoms with Crippen molar-refractivity contribution >= 4 is 16.9 Å². The van der Waals surface area contributed by atoms with Gasteiger partial charge in [0.2, 0.25) is 5.91 Å². The van der Waals surface area contributed by atoms with E-state index in [9.17, 15) is 4.79 Å². The van der Waals surface area contributed by atoms with Gasteiger partial charge in [0.1, 0.15) is 5.82 Å². The minimum absolute atomic E-state index is 0.207. The molecule has 1 amide bonds. The summed E-state index contributed by atoms with van der Waals surface area (Å²) in [6.45, 7) is 5.52. The maximum absolute atomic E-state index is 12.3. The van der Waals surface area contributed by atoms with Crippen LogP contribution in [0.2, 0.25) is 0 Å². The van der Waals surface area contributed by atoms with Crippen LogP contribution in [0, 0.1) is 0 Å². The van der Waals surface area contributed by atoms with Crippen molar-refractivity contribution in [2.75, 3.05) is 26.3 Å². The van der Waals surface area contributed by atoms with E-state index >= 15 is 0 Å². The van der Waals surface area contributed by atoms with Gasteiger partial charge in [0, 0.05) is 32.5 Å². The van der Waals surface area contributed by atoms with E-state index in [-0.39, 0.29) is 5.91 Å². The third-order valence-electron chi connectivity index (χ3n) is 3.96. The van der Waals surface area contributed by atoms with Crippen LogP contribution in [-0.4, -0.2) is 46.7 Å². The van der Waals surface area contributed by atoms with Crippen molar-refractivity contribution in [2.24, 2.45) is 0 Å². The third kappa shape index (κ3) is 2.93. The Morgan fingerprint density at radius 1 is 1.29 bits per heavy atom. The molecule has 2 aromatic rings. The molecule has 1 aliphatic heterocycles. The Bertz CT molecular complexity index is 629. The minimum atomic E-state index is 0.207. The van der Waals surface area contributed by atoms with Crippen molar-refractivity contribution in [3.05, 3.63) is 30.1 Å². The molecular weight excluding hydrogens is 266 g/mol. The summed E-state index contributed by atoms with van der Waals surface area (Å²) in [7, 11) is 0. The molecule has 1 saturated heterocycles. The summed E-state index contributed by atoms with van der Waals surface area (Å²) in [5, 5.41) is 0. The highest BCUT2D eigenvalue weighted by Gasteiger charge is 2.17. The molecule has 5 nitrogen and oxygen atoms in total. The number of amides is 1. The average Bonchev–Trinajstić information content (AvgIpc) is 2.91. The lowest BCUT2D eigenvalue weighted by molar-refractivity contribution is -0.135. The van der Waals surface area contributed by atoms with Crippen molar-refractivity contribution in [2.45, 2.75) is 26.3 Å². The second-order valence-electron chi connectivity index (χ2n) is 5.27. The molecule has 0 unspecified atom stereocenters. The average molecular weight is 287 g/mol. The van der Waals surface area contributed by atoms with Gasteiger partial charge in [0.25, 0.3) is 0 Å². The fourth-order valence-corrected chi connectivity index (χ4v) is 2.82. The number of ether oxygens (including phenoxy) is 1. The highest BCUT2D eigenvalue weighted by molar-refractivity contribution is 5.78. The van der Waals surface area contributed by atoms with Gasteiger partial charge in [0.05, 0.1) is 24.2 Å². The first-order chi connectivity index (χ1) is 10.3. The Morgan fingerprint density at radius 3 is 2.81 bits per heavy atom. The number of aromatic nitrogens is 2. The number of imidazole rings is 1. The van der Waals surface area contributed by atoms with Crippen LogP contribution in [0.4, 0.5) is 0 Å². The summed E-state index contributed by atoms with van der Waals surface area (Å²) >= 11 is 0. The second kappa shape index (κ2) is 6.26. The molecule has 0 radical (unpaired) electrons. The molecule has 0 bridgehead atoms. The highest BCUT2D eigenvalue weighted by atomic mass is 16.5. The molecule has 5 heteroatoms. The first-order valence-electron chi connectivity index (χ1n) is 7.59. The Hall–Kier alpha value is -1.88. The molecule has 3 rings (SSSR count). The van der Waals surface area contributed by atoms with Crippen molar-refractivity contribution in [3.8, 4) is 0 Å². The van der Waals surface area contributed by atoms with Crippen LogP contribution >= 0.6 is 0 Å². The first kappa shape index (κ1) is 14.1. The number of carbonyl (C=O) groups is 1. The quantitative estimate of drug-likeness (QED) is 0.862. The summed E-state index contributed by atoms with van der Waals surface area (Å²) in [6, 6.07) is 8.11. The van der Waals surface area contributed by atoms with Crippen molar-refractivity contribution in [1.29, 1.82) is 0 Å². The molecule has 0 atom stereocenters. The van der Waals surface area contributed by atoms with Gasteiger partial charge in [-0.15, -0.1) is 0 Å². The largest absolute Gasteiger partial charge is 0.378 e. The second-order valence-corrected chi connectivity index (χ2v) is 5.27. The zero-order valence-corrected chi connectivity index (χ0v) is 12.4. The zero-order chi connectivity index (χ0) is 14.7. The van der Waals surface area contributed by atoms with Gasteiger partial charge in [-0.1, -0.05) is 19.1 Å². The van der Waals surface area contributed by atoms with E-state index in [0.717, 1.165) is 23.3 Å². The Balaban J connectivity index is 1.73. The Labute approximate surface area is 124 Å². The maximum atomic E-state index is 12.3. The number of carbonyl (C=O) groups excluding carboxylic acids is 1. The molecule has 1 aliphatic rings. The topological polar surface area (TPSA) is 47.4 Å². The maximum Gasteiger partial charge on any atom is 0.224 e. The van der Waals surface area contributed by atoms with Gasteiger partial charge in [-0.05, 0) is 12.1 Å². The van der Waals surface area contributed by atoms with E-state index in [0.29, 0.717) is 39.3 Å². The van der Waals surface area contributed by atoms with Crippen LogP contribution < -0.4 is 0 Å². The SMILES string of the molecule is CCc1nc2ccccc2n1CCC(=O)N1CCOCC1. The van der Waals surface area contributed by atoms with Crippen LogP contribution in [0.25, 0.3) is 11.0 Å². The van der Waals surface area contributed by atoms with E-state index in [4.69, 9.17) is 4.74 Å². The normalized spacial score (nSPS) is 15.6. The molecule has 1 aromatic carbocycles. The molecule has 2 heterocycles. The fourth-order valence-electron chi connectivity index (χ4n) is 2.82. The Morgan fingerprint density at radius 2 is 2.05 bits per heavy atom. The summed E-state index contributed by atoms with van der Waals surface area (Å²) in [4.78, 5) is 18.8. The highest BCUT2D eigenvalue weighted by Crippen LogP contribution is 2.17. The lowest BCUT2D eigenvalue weighted by atomic mass is 10.3. The van der Waals surface area contributed by atoms with Gasteiger partial charge in [-0.3, -0.25) is 4.79 Å². The number of aryl methyl sites for hydroxylation is 2. The van der Waals surface area contributed by atoms with Crippen molar-refractivity contribution in [1.82, 2.24) is 14.5 Å². The van der Waals surface area contributed by atoms with E-state index in [1.54, 1.807) is 0 Å². The molecule has 0 saturated carbocycles. The number of hydrogen-bond donors (Lipinski definition) is 0. The van der Waals surface area contributed by atoms with Crippen LogP contribution in [0.5, 0.6) is 0 Å². The van der Waals surface area contributed by atoms with E-state index < -0.39 is 0 Å². The minimum Gasteiger partial charge on any atom is -0.378 e. The molecule has 0 aliphatic carbocycles. The first-order valence-corrected chi connectivity index (χ1v) is 7.59. The fraction of sp³-hybridized carbons (Fsp3) is 0.500. The number of morpholine rings is 1. The molecule has 1 fully saturated rings. The standard InChI is InChI=1S/C16H21N3O2/c1-2-15-17-13-5-3-4-6-14(13)19(15)8-7-16(20)18-9-11-21-12-10-18/h3-6H,2,7-12H2,1H3. The molecule has 0 N–H and O–H groups in total. The van der Waals surface area contributed by atoms with Gasteiger partial charge in [-0.2, -0.15) is 0 Å². The summed E-state index contributed by atoms with van der Waals surface area (Å²) < 4.78 is 7.46. The van der Waals surface area contributed by atoms with Crippen LogP contribution in [0.1, 0.15) is 19.2 Å². The van der Waals surface area contributed by atoms with E-state index in [1.165, 1.54) is 0 Å². The van der Waals surface area contributed by atoms with E-state index in [1.807, 2.05) is 23.1 Å². The summed E-state index contributed by atoms with van der Waals surface area (Å²) in [6.07, 6.45) is 1.40. The summed E-state index contributed by atoms with van der Waals surface area (Å²) in [5.41, 5.74) is 2.12. The molecule has 21 heavy (non-hydrogen) atoms. The third-order valence-corrected chi connectivity index (χ3v) is 3.96. The van der Waals surface area contributed by atoms with Crippen LogP contribution in [-0.2, 0) is 22.5 Å². The van der Waals surface area contributed by atoms with Gasteiger partial charge < -0.3 is 14.2 Å². The van der Waals surface area contributed by atoms with Gasteiger partial charge >= 0.3 is 0 Å². The predicted octanol–water partition coefficient (Wildman–Crippen LogP) is 1.85. The van der Waals surface area contributed by atoms with Crippen molar-refractivity contribution in [3.63, 3.8) is 0 Å². The van der Waals surface area contributed by atoms with Gasteiger partial charge in [-0.25, -0.2) is 4.98 Å². The predicted molar refractivity (Wildman–Crippen MR) is 81.1 cm³/mol. The number of nitrogens with zero attached hydrogens (tertiary/aromatic N) is 3. The summed E-state index contributed by atoms with van der Waals surface area (Å²) in [5.74, 6) is 1.25. The smallest absolute Gasteiger partial charge is 0.224 e. The number of benzene rings is 1. The van der Waals surface area contributed by atoms with Crippen molar-refractivity contribution < 1.29 is 9.53 Å². The molecule has 1 aromatic heterocycles.